The van der Waals surface area contributed by atoms with Crippen molar-refractivity contribution >= 4 is 17.9 Å². The van der Waals surface area contributed by atoms with Crippen molar-refractivity contribution in [2.75, 3.05) is 7.11 Å². The Kier molecular flexibility index (Phi) is 15.1. The largest absolute Gasteiger partial charge is 1.00 e. The Morgan fingerprint density at radius 2 is 1.24 bits per heavy atom. The minimum Gasteiger partial charge on any atom is -1.00 e. The zero-order valence-corrected chi connectivity index (χ0v) is 23.0. The van der Waals surface area contributed by atoms with Crippen LogP contribution >= 0.6 is 0 Å². The van der Waals surface area contributed by atoms with Gasteiger partial charge in [0.2, 0.25) is 0 Å². The summed E-state index contributed by atoms with van der Waals surface area (Å²) in [5.41, 5.74) is -9.42. The van der Waals surface area contributed by atoms with Crippen molar-refractivity contribution in [2.24, 2.45) is 0 Å². The van der Waals surface area contributed by atoms with E-state index in [1.165, 1.54) is 0 Å². The third kappa shape index (κ3) is 11.6. The van der Waals surface area contributed by atoms with E-state index in [0.717, 1.165) is 0 Å². The molecule has 1 N–H and O–H groups in total. The molecule has 22 heteroatoms. The molecule has 0 saturated heterocycles. The first-order chi connectivity index (χ1) is 17.9. The zero-order chi connectivity index (χ0) is 31.4. The van der Waals surface area contributed by atoms with E-state index >= 15 is 0 Å². The van der Waals surface area contributed by atoms with Crippen molar-refractivity contribution in [3.63, 3.8) is 0 Å². The predicted molar refractivity (Wildman–Crippen MR) is 101 cm³/mol. The van der Waals surface area contributed by atoms with Crippen LogP contribution in [0.4, 0.5) is 52.7 Å². The van der Waals surface area contributed by atoms with Crippen LogP contribution in [0.2, 0.25) is 0 Å². The van der Waals surface area contributed by atoms with Crippen molar-refractivity contribution < 1.29 is 132 Å². The molecule has 0 fully saturated rings. The van der Waals surface area contributed by atoms with E-state index < -0.39 is 88.6 Å². The number of carboxylic acid groups (broad SMARTS) is 2. The molecule has 0 amide bonds. The molecule has 42 heavy (non-hydrogen) atoms. The summed E-state index contributed by atoms with van der Waals surface area (Å²) in [6, 6.07) is -0.480. The third-order valence-electron chi connectivity index (χ3n) is 4.42. The Bertz CT molecular complexity index is 1270. The first-order valence-electron chi connectivity index (χ1n) is 9.69. The van der Waals surface area contributed by atoms with Crippen molar-refractivity contribution in [1.82, 2.24) is 9.97 Å². The average molecular weight is 634 g/mol. The Morgan fingerprint density at radius 1 is 0.833 bits per heavy atom. The van der Waals surface area contributed by atoms with Gasteiger partial charge in [0.15, 0.2) is 0 Å². The summed E-state index contributed by atoms with van der Waals surface area (Å²) in [4.78, 5) is 38.1. The SMILES string of the molecule is COC(=O)C(C(=O)[O-])c1ncc(C(F)(F)F)cc1C(F)(F)F.O=C(O)Cc1ncc(C(F)(F)F)cc1C(F)(F)F.[H-].[Li+].[Na+]. The van der Waals surface area contributed by atoms with E-state index in [9.17, 15) is 72.2 Å². The van der Waals surface area contributed by atoms with Gasteiger partial charge in [-0.15, -0.1) is 0 Å². The Morgan fingerprint density at radius 3 is 1.57 bits per heavy atom. The molecule has 0 aliphatic carbocycles. The second kappa shape index (κ2) is 15.3. The molecule has 0 bridgehead atoms. The van der Waals surface area contributed by atoms with Crippen LogP contribution in [-0.4, -0.2) is 40.1 Å². The van der Waals surface area contributed by atoms with Crippen molar-refractivity contribution in [2.45, 2.75) is 37.0 Å². The predicted octanol–water partition coefficient (Wildman–Crippen LogP) is -2.01. The fourth-order valence-corrected chi connectivity index (χ4v) is 2.70. The van der Waals surface area contributed by atoms with E-state index in [1.807, 2.05) is 0 Å². The van der Waals surface area contributed by atoms with E-state index in [4.69, 9.17) is 5.11 Å². The van der Waals surface area contributed by atoms with Gasteiger partial charge in [-0.2, -0.15) is 52.7 Å². The average Bonchev–Trinajstić information content (AvgIpc) is 2.76. The van der Waals surface area contributed by atoms with Crippen LogP contribution < -0.4 is 53.5 Å². The Balaban J connectivity index is -0.000000707. The van der Waals surface area contributed by atoms with Gasteiger partial charge < -0.3 is 21.2 Å². The number of methoxy groups -OCH3 is 1. The van der Waals surface area contributed by atoms with Crippen LogP contribution in [0.15, 0.2) is 24.5 Å². The Labute approximate surface area is 261 Å². The summed E-state index contributed by atoms with van der Waals surface area (Å²) < 4.78 is 154. The number of alkyl halides is 12. The number of hydrogen-bond acceptors (Lipinski definition) is 7. The van der Waals surface area contributed by atoms with Gasteiger partial charge in [0, 0.05) is 12.4 Å². The number of rotatable bonds is 5. The number of hydrogen-bond donors (Lipinski definition) is 1. The normalized spacial score (nSPS) is 12.5. The number of carboxylic acids is 2. The number of halogens is 12. The molecule has 0 aromatic carbocycles. The van der Waals surface area contributed by atoms with Crippen LogP contribution in [0.3, 0.4) is 0 Å². The summed E-state index contributed by atoms with van der Waals surface area (Å²) in [6.45, 7) is 0. The second-order valence-corrected chi connectivity index (χ2v) is 7.21. The monoisotopic (exact) mass is 634 g/mol. The molecule has 0 spiro atoms. The zero-order valence-electron chi connectivity index (χ0n) is 22.0. The molecule has 0 saturated carbocycles. The van der Waals surface area contributed by atoms with Crippen LogP contribution in [0.1, 0.15) is 41.0 Å². The van der Waals surface area contributed by atoms with Crippen molar-refractivity contribution in [3.8, 4) is 0 Å². The van der Waals surface area contributed by atoms with Gasteiger partial charge in [-0.05, 0) is 12.1 Å². The molecule has 8 nitrogen and oxygen atoms in total. The molecule has 2 aromatic rings. The summed E-state index contributed by atoms with van der Waals surface area (Å²) >= 11 is 0. The number of aliphatic carboxylic acids is 2. The van der Waals surface area contributed by atoms with Gasteiger partial charge >= 0.3 is 85.1 Å². The number of pyridine rings is 2. The maximum atomic E-state index is 12.8. The van der Waals surface area contributed by atoms with Gasteiger partial charge in [-0.3, -0.25) is 19.6 Å². The topological polar surface area (TPSA) is 130 Å². The molecule has 2 rings (SSSR count). The van der Waals surface area contributed by atoms with Gasteiger partial charge in [-0.1, -0.05) is 0 Å². The smallest absolute Gasteiger partial charge is 1.00 e. The number of nitrogens with zero attached hydrogens (tertiary/aromatic N) is 2. The van der Waals surface area contributed by atoms with E-state index in [1.54, 1.807) is 0 Å². The molecule has 2 aromatic heterocycles. The number of aromatic nitrogens is 2. The van der Waals surface area contributed by atoms with Crippen molar-refractivity contribution in [1.29, 1.82) is 0 Å². The molecular weight excluding hydrogens is 622 g/mol. The van der Waals surface area contributed by atoms with Gasteiger partial charge in [0.1, 0.15) is 5.92 Å². The molecule has 0 radical (unpaired) electrons. The Hall–Kier alpha value is -2.53. The van der Waals surface area contributed by atoms with E-state index in [-0.39, 0.29) is 74.4 Å². The molecule has 1 atom stereocenters. The van der Waals surface area contributed by atoms with E-state index in [0.29, 0.717) is 7.11 Å². The molecular formula is C20H12F12LiN2NaO6. The van der Waals surface area contributed by atoms with Gasteiger partial charge in [-0.25, -0.2) is 0 Å². The number of esters is 1. The molecule has 0 aliphatic heterocycles. The van der Waals surface area contributed by atoms with Crippen LogP contribution in [-0.2, 0) is 50.2 Å². The number of carbonyl (C=O) groups is 3. The maximum absolute atomic E-state index is 12.8. The second-order valence-electron chi connectivity index (χ2n) is 7.21. The number of carbonyl (C=O) groups excluding carboxylic acids is 2. The van der Waals surface area contributed by atoms with Crippen LogP contribution in [0.5, 0.6) is 0 Å². The summed E-state index contributed by atoms with van der Waals surface area (Å²) in [7, 11) is 0.690. The summed E-state index contributed by atoms with van der Waals surface area (Å²) in [5.74, 6) is -8.17. The third-order valence-corrected chi connectivity index (χ3v) is 4.42. The fourth-order valence-electron chi connectivity index (χ4n) is 2.70. The first kappa shape index (κ1) is 41.6. The first-order valence-corrected chi connectivity index (χ1v) is 9.69. The van der Waals surface area contributed by atoms with Gasteiger partial charge in [0.05, 0.1) is 53.1 Å². The molecule has 224 valence electrons. The van der Waals surface area contributed by atoms with Crippen molar-refractivity contribution in [3.05, 3.63) is 58.2 Å². The summed E-state index contributed by atoms with van der Waals surface area (Å²) in [6.07, 6.45) is -21.5. The van der Waals surface area contributed by atoms with E-state index in [2.05, 4.69) is 14.7 Å². The summed E-state index contributed by atoms with van der Waals surface area (Å²) in [5, 5.41) is 19.2. The minimum absolute atomic E-state index is 0. The minimum atomic E-state index is -5.37. The van der Waals surface area contributed by atoms with Crippen LogP contribution in [0, 0.1) is 0 Å². The van der Waals surface area contributed by atoms with Gasteiger partial charge in [0.25, 0.3) is 0 Å². The quantitative estimate of drug-likeness (QED) is 0.173. The fraction of sp³-hybridized carbons (Fsp3) is 0.350. The maximum Gasteiger partial charge on any atom is 1.00 e. The van der Waals surface area contributed by atoms with Crippen LogP contribution in [0.25, 0.3) is 0 Å². The standard InChI is InChI=1S/C11H7F6NO4.C9H5F6NO2.Li.Na.H/c1-22-9(21)6(8(19)20)7-5(11(15,16)17)2-4(3-18-7)10(12,13)14;10-8(11,12)4-1-5(9(13,14)15)6(16-3-4)2-7(17)18;;;/h2-3,6H,1H3,(H,19,20);1,3H,2H2,(H,17,18);;;/q;;2*+1;-1/p-1. The number of ether oxygens (including phenoxy) is 1. The molecule has 2 heterocycles. The molecule has 0 aliphatic rings. The molecule has 1 unspecified atom stereocenters.